The average molecular weight is 298 g/mol. The van der Waals surface area contributed by atoms with Crippen molar-refractivity contribution in [1.29, 1.82) is 0 Å². The summed E-state index contributed by atoms with van der Waals surface area (Å²) in [6.45, 7) is 7.56. The molecule has 0 saturated carbocycles. The van der Waals surface area contributed by atoms with Gasteiger partial charge in [0.1, 0.15) is 5.75 Å². The molecule has 0 unspecified atom stereocenters. The van der Waals surface area contributed by atoms with Gasteiger partial charge >= 0.3 is 0 Å². The smallest absolute Gasteiger partial charge is 0.265 e. The number of hydrogen-bond donors (Lipinski definition) is 2. The van der Waals surface area contributed by atoms with Gasteiger partial charge in [0.15, 0.2) is 6.10 Å². The van der Waals surface area contributed by atoms with E-state index in [4.69, 9.17) is 10.5 Å². The van der Waals surface area contributed by atoms with Crippen molar-refractivity contribution in [2.75, 3.05) is 11.1 Å². The molecular weight excluding hydrogens is 276 g/mol. The first-order valence-electron chi connectivity index (χ1n) is 7.28. The number of amides is 1. The van der Waals surface area contributed by atoms with Gasteiger partial charge in [-0.25, -0.2) is 0 Å². The Balaban J connectivity index is 2.09. The average Bonchev–Trinajstić information content (AvgIpc) is 2.47. The minimum atomic E-state index is -0.596. The number of carbonyl (C=O) groups is 1. The van der Waals surface area contributed by atoms with Crippen molar-refractivity contribution >= 4 is 17.3 Å². The lowest BCUT2D eigenvalue weighted by Gasteiger charge is -2.18. The molecule has 4 nitrogen and oxygen atoms in total. The van der Waals surface area contributed by atoms with Crippen LogP contribution in [0.4, 0.5) is 11.4 Å². The monoisotopic (exact) mass is 298 g/mol. The summed E-state index contributed by atoms with van der Waals surface area (Å²) in [5, 5.41) is 2.86. The van der Waals surface area contributed by atoms with E-state index < -0.39 is 6.10 Å². The molecule has 2 aromatic carbocycles. The first-order chi connectivity index (χ1) is 10.4. The Bertz CT molecular complexity index is 695. The first kappa shape index (κ1) is 15.9. The van der Waals surface area contributed by atoms with Gasteiger partial charge in [0.2, 0.25) is 0 Å². The van der Waals surface area contributed by atoms with Crippen LogP contribution in [0.5, 0.6) is 5.75 Å². The summed E-state index contributed by atoms with van der Waals surface area (Å²) >= 11 is 0. The maximum Gasteiger partial charge on any atom is 0.265 e. The maximum atomic E-state index is 12.3. The van der Waals surface area contributed by atoms with E-state index in [9.17, 15) is 4.79 Å². The highest BCUT2D eigenvalue weighted by Crippen LogP contribution is 2.23. The van der Waals surface area contributed by atoms with Gasteiger partial charge in [-0.2, -0.15) is 0 Å². The summed E-state index contributed by atoms with van der Waals surface area (Å²) in [5.41, 5.74) is 10.2. The van der Waals surface area contributed by atoms with E-state index in [1.807, 2.05) is 51.1 Å². The van der Waals surface area contributed by atoms with Crippen LogP contribution in [0.1, 0.15) is 23.6 Å². The van der Waals surface area contributed by atoms with Crippen molar-refractivity contribution in [3.63, 3.8) is 0 Å². The third-order valence-corrected chi connectivity index (χ3v) is 3.65. The van der Waals surface area contributed by atoms with Crippen LogP contribution in [0, 0.1) is 20.8 Å². The molecule has 0 fully saturated rings. The standard InChI is InChI=1S/C18H22N2O2/c1-11-8-9-12(2)17(10-11)22-14(4)18(21)20-16-7-5-6-15(19)13(16)3/h5-10,14H,19H2,1-4H3,(H,20,21)/t14-/m1/s1. The Morgan fingerprint density at radius 2 is 1.91 bits per heavy atom. The second-order valence-corrected chi connectivity index (χ2v) is 5.54. The zero-order valence-electron chi connectivity index (χ0n) is 13.4. The summed E-state index contributed by atoms with van der Waals surface area (Å²) in [7, 11) is 0. The number of ether oxygens (including phenoxy) is 1. The van der Waals surface area contributed by atoms with Crippen LogP contribution in [-0.4, -0.2) is 12.0 Å². The molecule has 1 atom stereocenters. The fourth-order valence-electron chi connectivity index (χ4n) is 2.10. The highest BCUT2D eigenvalue weighted by atomic mass is 16.5. The fraction of sp³-hybridized carbons (Fsp3) is 0.278. The number of rotatable bonds is 4. The molecule has 22 heavy (non-hydrogen) atoms. The fourth-order valence-corrected chi connectivity index (χ4v) is 2.10. The summed E-state index contributed by atoms with van der Waals surface area (Å²) in [5.74, 6) is 0.529. The number of anilines is 2. The number of hydrogen-bond acceptors (Lipinski definition) is 3. The number of nitrogens with one attached hydrogen (secondary N) is 1. The van der Waals surface area contributed by atoms with E-state index in [1.165, 1.54) is 0 Å². The SMILES string of the molecule is Cc1ccc(C)c(O[C@H](C)C(=O)Nc2cccc(N)c2C)c1. The summed E-state index contributed by atoms with van der Waals surface area (Å²) in [4.78, 5) is 12.3. The van der Waals surface area contributed by atoms with E-state index in [-0.39, 0.29) is 5.91 Å². The lowest BCUT2D eigenvalue weighted by molar-refractivity contribution is -0.122. The molecule has 3 N–H and O–H groups in total. The summed E-state index contributed by atoms with van der Waals surface area (Å²) in [6, 6.07) is 11.4. The molecule has 2 aromatic rings. The topological polar surface area (TPSA) is 64.3 Å². The largest absolute Gasteiger partial charge is 0.481 e. The van der Waals surface area contributed by atoms with E-state index in [0.29, 0.717) is 11.4 Å². The molecule has 0 spiro atoms. The molecule has 4 heteroatoms. The van der Waals surface area contributed by atoms with Crippen LogP contribution in [0.15, 0.2) is 36.4 Å². The van der Waals surface area contributed by atoms with E-state index in [0.717, 1.165) is 22.4 Å². The minimum Gasteiger partial charge on any atom is -0.481 e. The van der Waals surface area contributed by atoms with Gasteiger partial charge in [-0.15, -0.1) is 0 Å². The number of carbonyl (C=O) groups excluding carboxylic acids is 1. The van der Waals surface area contributed by atoms with Crippen LogP contribution in [-0.2, 0) is 4.79 Å². The normalized spacial score (nSPS) is 11.8. The Hall–Kier alpha value is -2.49. The summed E-state index contributed by atoms with van der Waals surface area (Å²) < 4.78 is 5.79. The Morgan fingerprint density at radius 1 is 1.18 bits per heavy atom. The third-order valence-electron chi connectivity index (χ3n) is 3.65. The van der Waals surface area contributed by atoms with Crippen molar-refractivity contribution < 1.29 is 9.53 Å². The lowest BCUT2D eigenvalue weighted by Crippen LogP contribution is -2.30. The second kappa shape index (κ2) is 6.52. The summed E-state index contributed by atoms with van der Waals surface area (Å²) in [6.07, 6.45) is -0.596. The Labute approximate surface area is 131 Å². The Morgan fingerprint density at radius 3 is 2.64 bits per heavy atom. The molecule has 0 heterocycles. The third kappa shape index (κ3) is 3.58. The molecule has 0 radical (unpaired) electrons. The van der Waals surface area contributed by atoms with Crippen molar-refractivity contribution in [1.82, 2.24) is 0 Å². The van der Waals surface area contributed by atoms with Crippen LogP contribution in [0.25, 0.3) is 0 Å². The predicted octanol–water partition coefficient (Wildman–Crippen LogP) is 3.60. The van der Waals surface area contributed by atoms with Gasteiger partial charge < -0.3 is 15.8 Å². The molecule has 116 valence electrons. The molecule has 2 rings (SSSR count). The van der Waals surface area contributed by atoms with Crippen molar-refractivity contribution in [2.24, 2.45) is 0 Å². The minimum absolute atomic E-state index is 0.199. The van der Waals surface area contributed by atoms with E-state index >= 15 is 0 Å². The highest BCUT2D eigenvalue weighted by Gasteiger charge is 2.17. The zero-order valence-corrected chi connectivity index (χ0v) is 13.4. The number of nitrogens with two attached hydrogens (primary N) is 1. The van der Waals surface area contributed by atoms with Crippen LogP contribution >= 0.6 is 0 Å². The van der Waals surface area contributed by atoms with Crippen molar-refractivity contribution in [3.05, 3.63) is 53.1 Å². The number of aryl methyl sites for hydroxylation is 2. The van der Waals surface area contributed by atoms with Crippen LogP contribution in [0.2, 0.25) is 0 Å². The highest BCUT2D eigenvalue weighted by molar-refractivity contribution is 5.95. The van der Waals surface area contributed by atoms with Gasteiger partial charge in [0.05, 0.1) is 0 Å². The maximum absolute atomic E-state index is 12.3. The Kier molecular flexibility index (Phi) is 4.71. The van der Waals surface area contributed by atoms with Crippen molar-refractivity contribution in [2.45, 2.75) is 33.8 Å². The lowest BCUT2D eigenvalue weighted by atomic mass is 10.1. The van der Waals surface area contributed by atoms with Crippen molar-refractivity contribution in [3.8, 4) is 5.75 Å². The van der Waals surface area contributed by atoms with Gasteiger partial charge in [-0.05, 0) is 62.6 Å². The van der Waals surface area contributed by atoms with Gasteiger partial charge in [-0.3, -0.25) is 4.79 Å². The molecule has 0 saturated heterocycles. The number of benzene rings is 2. The zero-order chi connectivity index (χ0) is 16.3. The first-order valence-corrected chi connectivity index (χ1v) is 7.28. The van der Waals surface area contributed by atoms with Gasteiger partial charge in [-0.1, -0.05) is 18.2 Å². The van der Waals surface area contributed by atoms with E-state index in [1.54, 1.807) is 13.0 Å². The molecule has 0 aliphatic rings. The molecular formula is C18H22N2O2. The van der Waals surface area contributed by atoms with Gasteiger partial charge in [0.25, 0.3) is 5.91 Å². The van der Waals surface area contributed by atoms with Crippen LogP contribution < -0.4 is 15.8 Å². The quantitative estimate of drug-likeness (QED) is 0.848. The van der Waals surface area contributed by atoms with E-state index in [2.05, 4.69) is 5.32 Å². The second-order valence-electron chi connectivity index (χ2n) is 5.54. The predicted molar refractivity (Wildman–Crippen MR) is 90.2 cm³/mol. The van der Waals surface area contributed by atoms with Crippen LogP contribution in [0.3, 0.4) is 0 Å². The molecule has 0 aliphatic carbocycles. The number of nitrogen functional groups attached to an aromatic ring is 1. The van der Waals surface area contributed by atoms with Gasteiger partial charge in [0, 0.05) is 11.4 Å². The molecule has 0 bridgehead atoms. The molecule has 0 aromatic heterocycles. The molecule has 0 aliphatic heterocycles. The molecule has 1 amide bonds.